The second-order valence-corrected chi connectivity index (χ2v) is 6.65. The van der Waals surface area contributed by atoms with Crippen molar-refractivity contribution in [2.45, 2.75) is 31.7 Å². The average molecular weight is 348 g/mol. The molecule has 1 aliphatic heterocycles. The molecular formula is C19H28N2O4. The third-order valence-corrected chi connectivity index (χ3v) is 5.38. The molecule has 0 spiro atoms. The predicted octanol–water partition coefficient (Wildman–Crippen LogP) is 2.41. The third-order valence-electron chi connectivity index (χ3n) is 5.38. The van der Waals surface area contributed by atoms with Gasteiger partial charge in [-0.25, -0.2) is 0 Å². The van der Waals surface area contributed by atoms with Crippen LogP contribution in [0.5, 0.6) is 17.2 Å². The number of amides is 1. The van der Waals surface area contributed by atoms with Gasteiger partial charge in [0.25, 0.3) is 5.91 Å². The van der Waals surface area contributed by atoms with E-state index in [2.05, 4.69) is 4.90 Å². The van der Waals surface area contributed by atoms with E-state index < -0.39 is 0 Å². The highest BCUT2D eigenvalue weighted by molar-refractivity contribution is 5.98. The number of rotatable bonds is 5. The molecule has 138 valence electrons. The van der Waals surface area contributed by atoms with Crippen molar-refractivity contribution in [2.24, 2.45) is 0 Å². The Morgan fingerprint density at radius 2 is 1.56 bits per heavy atom. The molecule has 1 saturated heterocycles. The first-order valence-electron chi connectivity index (χ1n) is 9.02. The van der Waals surface area contributed by atoms with Gasteiger partial charge in [-0.15, -0.1) is 0 Å². The molecule has 1 aromatic carbocycles. The number of benzene rings is 1. The van der Waals surface area contributed by atoms with Crippen molar-refractivity contribution >= 4 is 5.91 Å². The second kappa shape index (κ2) is 7.95. The number of carbonyl (C=O) groups excluding carboxylic acids is 1. The smallest absolute Gasteiger partial charge is 0.257 e. The van der Waals surface area contributed by atoms with Crippen LogP contribution in [0.1, 0.15) is 36.0 Å². The molecule has 0 N–H and O–H groups in total. The number of carbonyl (C=O) groups is 1. The zero-order chi connectivity index (χ0) is 17.8. The maximum Gasteiger partial charge on any atom is 0.257 e. The normalized spacial score (nSPS) is 19.1. The van der Waals surface area contributed by atoms with E-state index in [0.717, 1.165) is 26.2 Å². The van der Waals surface area contributed by atoms with Gasteiger partial charge < -0.3 is 19.1 Å². The van der Waals surface area contributed by atoms with Crippen molar-refractivity contribution in [1.29, 1.82) is 0 Å². The summed E-state index contributed by atoms with van der Waals surface area (Å²) < 4.78 is 16.1. The summed E-state index contributed by atoms with van der Waals surface area (Å²) in [5.74, 6) is 1.44. The van der Waals surface area contributed by atoms with Crippen molar-refractivity contribution in [2.75, 3.05) is 47.5 Å². The molecule has 2 fully saturated rings. The predicted molar refractivity (Wildman–Crippen MR) is 95.8 cm³/mol. The molecule has 6 heteroatoms. The zero-order valence-corrected chi connectivity index (χ0v) is 15.4. The summed E-state index contributed by atoms with van der Waals surface area (Å²) in [6, 6.07) is 4.22. The maximum absolute atomic E-state index is 13.0. The Morgan fingerprint density at radius 1 is 0.920 bits per heavy atom. The lowest BCUT2D eigenvalue weighted by atomic mass is 10.1. The van der Waals surface area contributed by atoms with Gasteiger partial charge in [0.15, 0.2) is 11.5 Å². The van der Waals surface area contributed by atoms with Gasteiger partial charge >= 0.3 is 0 Å². The number of piperazine rings is 1. The van der Waals surface area contributed by atoms with Crippen LogP contribution in [0.3, 0.4) is 0 Å². The Balaban J connectivity index is 1.73. The fourth-order valence-corrected chi connectivity index (χ4v) is 4.00. The van der Waals surface area contributed by atoms with Crippen LogP contribution in [0.15, 0.2) is 12.1 Å². The zero-order valence-electron chi connectivity index (χ0n) is 15.4. The van der Waals surface area contributed by atoms with Gasteiger partial charge in [-0.3, -0.25) is 9.69 Å². The molecule has 2 aliphatic rings. The minimum Gasteiger partial charge on any atom is -0.493 e. The summed E-state index contributed by atoms with van der Waals surface area (Å²) in [6.07, 6.45) is 5.29. The fraction of sp³-hybridized carbons (Fsp3) is 0.632. The molecule has 0 radical (unpaired) electrons. The first-order chi connectivity index (χ1) is 12.2. The van der Waals surface area contributed by atoms with Crippen LogP contribution in [0.2, 0.25) is 0 Å². The molecule has 25 heavy (non-hydrogen) atoms. The molecule has 6 nitrogen and oxygen atoms in total. The van der Waals surface area contributed by atoms with Gasteiger partial charge in [-0.2, -0.15) is 0 Å². The third kappa shape index (κ3) is 3.54. The minimum absolute atomic E-state index is 0.0103. The standard InChI is InChI=1S/C19H28N2O4/c1-23-16-9-8-15(17(24-2)18(16)25-3)19(22)21-12-10-20(11-13-21)14-6-4-5-7-14/h8-9,14H,4-7,10-13H2,1-3H3. The lowest BCUT2D eigenvalue weighted by Gasteiger charge is -2.38. The first-order valence-corrected chi connectivity index (χ1v) is 9.02. The summed E-state index contributed by atoms with van der Waals surface area (Å²) in [5.41, 5.74) is 0.523. The molecule has 0 aromatic heterocycles. The lowest BCUT2D eigenvalue weighted by Crippen LogP contribution is -2.51. The molecule has 0 bridgehead atoms. The second-order valence-electron chi connectivity index (χ2n) is 6.65. The topological polar surface area (TPSA) is 51.2 Å². The van der Waals surface area contributed by atoms with Gasteiger partial charge in [0.05, 0.1) is 26.9 Å². The van der Waals surface area contributed by atoms with Crippen LogP contribution < -0.4 is 14.2 Å². The number of hydrogen-bond acceptors (Lipinski definition) is 5. The van der Waals surface area contributed by atoms with Crippen molar-refractivity contribution in [3.05, 3.63) is 17.7 Å². The van der Waals surface area contributed by atoms with Crippen LogP contribution in [-0.4, -0.2) is 69.3 Å². The van der Waals surface area contributed by atoms with Crippen molar-refractivity contribution in [1.82, 2.24) is 9.80 Å². The molecule has 1 heterocycles. The van der Waals surface area contributed by atoms with E-state index in [1.54, 1.807) is 33.5 Å². The lowest BCUT2D eigenvalue weighted by molar-refractivity contribution is 0.0570. The monoisotopic (exact) mass is 348 g/mol. The summed E-state index contributed by atoms with van der Waals surface area (Å²) >= 11 is 0. The molecule has 1 aliphatic carbocycles. The van der Waals surface area contributed by atoms with Gasteiger partial charge in [-0.1, -0.05) is 12.8 Å². The molecule has 1 amide bonds. The number of ether oxygens (including phenoxy) is 3. The minimum atomic E-state index is -0.0103. The van der Waals surface area contributed by atoms with Crippen LogP contribution in [0.4, 0.5) is 0 Å². The van der Waals surface area contributed by atoms with E-state index in [-0.39, 0.29) is 5.91 Å². The Kier molecular flexibility index (Phi) is 5.68. The Hall–Kier alpha value is -1.95. The van der Waals surface area contributed by atoms with E-state index in [9.17, 15) is 4.79 Å². The number of hydrogen-bond donors (Lipinski definition) is 0. The molecule has 1 aromatic rings. The van der Waals surface area contributed by atoms with Crippen molar-refractivity contribution in [3.8, 4) is 17.2 Å². The van der Waals surface area contributed by atoms with Crippen LogP contribution in [0, 0.1) is 0 Å². The largest absolute Gasteiger partial charge is 0.493 e. The highest BCUT2D eigenvalue weighted by atomic mass is 16.5. The summed E-state index contributed by atoms with van der Waals surface area (Å²) in [5, 5.41) is 0. The number of methoxy groups -OCH3 is 3. The van der Waals surface area contributed by atoms with E-state index in [1.165, 1.54) is 25.7 Å². The van der Waals surface area contributed by atoms with Crippen LogP contribution in [0.25, 0.3) is 0 Å². The number of nitrogens with zero attached hydrogens (tertiary/aromatic N) is 2. The molecule has 0 unspecified atom stereocenters. The van der Waals surface area contributed by atoms with E-state index >= 15 is 0 Å². The first kappa shape index (κ1) is 17.9. The van der Waals surface area contributed by atoms with E-state index in [1.807, 2.05) is 4.90 Å². The van der Waals surface area contributed by atoms with E-state index in [4.69, 9.17) is 14.2 Å². The molecule has 1 saturated carbocycles. The highest BCUT2D eigenvalue weighted by Gasteiger charge is 2.30. The van der Waals surface area contributed by atoms with Gasteiger partial charge in [0.1, 0.15) is 0 Å². The van der Waals surface area contributed by atoms with Gasteiger partial charge in [0, 0.05) is 32.2 Å². The van der Waals surface area contributed by atoms with Gasteiger partial charge in [0.2, 0.25) is 5.75 Å². The molecular weight excluding hydrogens is 320 g/mol. The summed E-state index contributed by atoms with van der Waals surface area (Å²) in [7, 11) is 4.67. The highest BCUT2D eigenvalue weighted by Crippen LogP contribution is 2.40. The quantitative estimate of drug-likeness (QED) is 0.818. The van der Waals surface area contributed by atoms with E-state index in [0.29, 0.717) is 28.9 Å². The Bertz CT molecular complexity index is 606. The Morgan fingerprint density at radius 3 is 2.12 bits per heavy atom. The van der Waals surface area contributed by atoms with Crippen molar-refractivity contribution in [3.63, 3.8) is 0 Å². The fourth-order valence-electron chi connectivity index (χ4n) is 4.00. The van der Waals surface area contributed by atoms with Crippen molar-refractivity contribution < 1.29 is 19.0 Å². The maximum atomic E-state index is 13.0. The van der Waals surface area contributed by atoms with Crippen LogP contribution >= 0.6 is 0 Å². The van der Waals surface area contributed by atoms with Crippen LogP contribution in [-0.2, 0) is 0 Å². The SMILES string of the molecule is COc1ccc(C(=O)N2CCN(C3CCCC3)CC2)c(OC)c1OC. The Labute approximate surface area is 149 Å². The molecule has 0 atom stereocenters. The van der Waals surface area contributed by atoms with Gasteiger partial charge in [-0.05, 0) is 25.0 Å². The summed E-state index contributed by atoms with van der Waals surface area (Å²) in [6.45, 7) is 3.41. The summed E-state index contributed by atoms with van der Waals surface area (Å²) in [4.78, 5) is 17.5. The molecule has 3 rings (SSSR count). The average Bonchev–Trinajstić information content (AvgIpc) is 3.21.